The predicted octanol–water partition coefficient (Wildman–Crippen LogP) is 2.34. The van der Waals surface area contributed by atoms with Gasteiger partial charge < -0.3 is 9.80 Å². The maximum absolute atomic E-state index is 13.4. The molecule has 6 nitrogen and oxygen atoms in total. The topological polar surface area (TPSA) is 58.4 Å². The number of amides is 1. The molecule has 7 heteroatoms. The number of piperidine rings is 1. The minimum Gasteiger partial charge on any atom is -0.337 e. The second kappa shape index (κ2) is 9.78. The molecule has 0 unspecified atom stereocenters. The summed E-state index contributed by atoms with van der Waals surface area (Å²) in [5.41, 5.74) is 1.08. The first kappa shape index (κ1) is 21.2. The van der Waals surface area contributed by atoms with Gasteiger partial charge >= 0.3 is 0 Å². The van der Waals surface area contributed by atoms with Crippen LogP contribution in [0, 0.1) is 11.7 Å². The van der Waals surface area contributed by atoms with Gasteiger partial charge in [0.1, 0.15) is 11.5 Å². The molecule has 29 heavy (non-hydrogen) atoms. The Kier molecular flexibility index (Phi) is 7.14. The molecule has 0 saturated carbocycles. The Bertz CT molecular complexity index is 898. The van der Waals surface area contributed by atoms with Crippen LogP contribution in [-0.2, 0) is 13.5 Å². The average molecular weight is 400 g/mol. The van der Waals surface area contributed by atoms with E-state index in [1.807, 2.05) is 17.9 Å². The summed E-state index contributed by atoms with van der Waals surface area (Å²) < 4.78 is 14.6. The van der Waals surface area contributed by atoms with Gasteiger partial charge in [0.2, 0.25) is 0 Å². The molecular formula is C22H29FN4O2. The van der Waals surface area contributed by atoms with Crippen LogP contribution in [0.25, 0.3) is 0 Å². The van der Waals surface area contributed by atoms with Crippen LogP contribution in [0.5, 0.6) is 0 Å². The van der Waals surface area contributed by atoms with Crippen molar-refractivity contribution in [2.75, 3.05) is 32.7 Å². The van der Waals surface area contributed by atoms with Gasteiger partial charge in [-0.1, -0.05) is 12.1 Å². The number of halogens is 1. The highest BCUT2D eigenvalue weighted by molar-refractivity contribution is 5.92. The average Bonchev–Trinajstić information content (AvgIpc) is 2.72. The number of rotatable bonds is 7. The van der Waals surface area contributed by atoms with E-state index in [1.165, 1.54) is 22.9 Å². The molecule has 3 rings (SSSR count). The third kappa shape index (κ3) is 5.73. The Balaban J connectivity index is 1.56. The van der Waals surface area contributed by atoms with Gasteiger partial charge in [-0.3, -0.25) is 9.59 Å². The second-order valence-electron chi connectivity index (χ2n) is 7.71. The van der Waals surface area contributed by atoms with Crippen molar-refractivity contribution in [3.05, 3.63) is 63.8 Å². The number of aromatic nitrogens is 2. The summed E-state index contributed by atoms with van der Waals surface area (Å²) in [4.78, 5) is 28.6. The second-order valence-corrected chi connectivity index (χ2v) is 7.71. The Morgan fingerprint density at radius 2 is 2.14 bits per heavy atom. The zero-order valence-electron chi connectivity index (χ0n) is 17.2. The molecule has 0 aliphatic carbocycles. The highest BCUT2D eigenvalue weighted by Gasteiger charge is 2.25. The number of likely N-dealkylation sites (tertiary alicyclic amines) is 1. The molecule has 0 N–H and O–H groups in total. The number of hydrogen-bond acceptors (Lipinski definition) is 4. The maximum atomic E-state index is 13.4. The standard InChI is InChI=1S/C22H29FN4O2/c1-3-27(22(29)20-9-10-21(28)25(2)24-20)16-18-7-5-12-26(15-18)13-11-17-6-4-8-19(23)14-17/h4,6,8-10,14,18H,3,5,7,11-13,15-16H2,1-2H3/t18-/m0/s1. The number of nitrogens with zero attached hydrogens (tertiary/aromatic N) is 4. The molecular weight excluding hydrogens is 371 g/mol. The summed E-state index contributed by atoms with van der Waals surface area (Å²) in [6.45, 7) is 6.10. The molecule has 2 aromatic rings. The quantitative estimate of drug-likeness (QED) is 0.716. The van der Waals surface area contributed by atoms with E-state index >= 15 is 0 Å². The van der Waals surface area contributed by atoms with E-state index in [-0.39, 0.29) is 17.3 Å². The SMILES string of the molecule is CCN(C[C@H]1CCCN(CCc2cccc(F)c2)C1)C(=O)c1ccc(=O)n(C)n1. The van der Waals surface area contributed by atoms with E-state index in [2.05, 4.69) is 10.00 Å². The van der Waals surface area contributed by atoms with Crippen molar-refractivity contribution in [2.45, 2.75) is 26.2 Å². The van der Waals surface area contributed by atoms with E-state index in [1.54, 1.807) is 19.2 Å². The number of carbonyl (C=O) groups excluding carboxylic acids is 1. The van der Waals surface area contributed by atoms with Gasteiger partial charge in [-0.15, -0.1) is 0 Å². The van der Waals surface area contributed by atoms with E-state index in [9.17, 15) is 14.0 Å². The fourth-order valence-corrected chi connectivity index (χ4v) is 3.93. The lowest BCUT2D eigenvalue weighted by Gasteiger charge is -2.35. The molecule has 2 heterocycles. The first-order valence-corrected chi connectivity index (χ1v) is 10.3. The summed E-state index contributed by atoms with van der Waals surface area (Å²) in [6, 6.07) is 9.65. The highest BCUT2D eigenvalue weighted by atomic mass is 19.1. The molecule has 1 saturated heterocycles. The summed E-state index contributed by atoms with van der Waals surface area (Å²) in [5, 5.41) is 4.09. The molecule has 156 valence electrons. The molecule has 1 aliphatic heterocycles. The molecule has 1 fully saturated rings. The predicted molar refractivity (Wildman–Crippen MR) is 110 cm³/mol. The van der Waals surface area contributed by atoms with Crippen LogP contribution in [-0.4, -0.2) is 58.2 Å². The minimum atomic E-state index is -0.231. The molecule has 0 spiro atoms. The number of aryl methyl sites for hydroxylation is 1. The lowest BCUT2D eigenvalue weighted by molar-refractivity contribution is 0.0682. The summed E-state index contributed by atoms with van der Waals surface area (Å²) in [7, 11) is 1.55. The van der Waals surface area contributed by atoms with Crippen LogP contribution >= 0.6 is 0 Å². The van der Waals surface area contributed by atoms with Crippen molar-refractivity contribution in [1.82, 2.24) is 19.6 Å². The Hall–Kier alpha value is -2.54. The van der Waals surface area contributed by atoms with Crippen LogP contribution < -0.4 is 5.56 Å². The Labute approximate surface area is 170 Å². The first-order valence-electron chi connectivity index (χ1n) is 10.3. The molecule has 0 radical (unpaired) electrons. The van der Waals surface area contributed by atoms with Gasteiger partial charge in [-0.05, 0) is 62.4 Å². The van der Waals surface area contributed by atoms with Gasteiger partial charge in [0.25, 0.3) is 11.5 Å². The van der Waals surface area contributed by atoms with E-state index in [4.69, 9.17) is 0 Å². The van der Waals surface area contributed by atoms with Crippen LogP contribution in [0.15, 0.2) is 41.2 Å². The van der Waals surface area contributed by atoms with Crippen LogP contribution in [0.1, 0.15) is 35.8 Å². The van der Waals surface area contributed by atoms with Gasteiger partial charge in [0.05, 0.1) is 0 Å². The van der Waals surface area contributed by atoms with E-state index in [0.717, 1.165) is 44.5 Å². The van der Waals surface area contributed by atoms with Crippen molar-refractivity contribution >= 4 is 5.91 Å². The highest BCUT2D eigenvalue weighted by Crippen LogP contribution is 2.19. The number of benzene rings is 1. The molecule has 1 aromatic heterocycles. The molecule has 1 aliphatic rings. The molecule has 1 amide bonds. The first-order chi connectivity index (χ1) is 14.0. The third-order valence-electron chi connectivity index (χ3n) is 5.54. The summed E-state index contributed by atoms with van der Waals surface area (Å²) in [5.74, 6) is 0.0656. The largest absolute Gasteiger partial charge is 0.337 e. The molecule has 1 atom stereocenters. The zero-order valence-corrected chi connectivity index (χ0v) is 17.2. The van der Waals surface area contributed by atoms with Crippen molar-refractivity contribution < 1.29 is 9.18 Å². The van der Waals surface area contributed by atoms with Crippen molar-refractivity contribution in [3.8, 4) is 0 Å². The van der Waals surface area contributed by atoms with Gasteiger partial charge in [0.15, 0.2) is 0 Å². The Morgan fingerprint density at radius 1 is 1.31 bits per heavy atom. The maximum Gasteiger partial charge on any atom is 0.274 e. The fourth-order valence-electron chi connectivity index (χ4n) is 3.93. The van der Waals surface area contributed by atoms with Crippen molar-refractivity contribution in [3.63, 3.8) is 0 Å². The number of carbonyl (C=O) groups is 1. The van der Waals surface area contributed by atoms with Gasteiger partial charge in [-0.25, -0.2) is 9.07 Å². The molecule has 1 aromatic carbocycles. The zero-order chi connectivity index (χ0) is 20.8. The lowest BCUT2D eigenvalue weighted by Crippen LogP contribution is -2.43. The normalized spacial score (nSPS) is 17.3. The molecule has 0 bridgehead atoms. The van der Waals surface area contributed by atoms with Crippen LogP contribution in [0.2, 0.25) is 0 Å². The minimum absolute atomic E-state index is 0.139. The van der Waals surface area contributed by atoms with E-state index in [0.29, 0.717) is 24.7 Å². The number of hydrogen-bond donors (Lipinski definition) is 0. The van der Waals surface area contributed by atoms with Crippen molar-refractivity contribution in [2.24, 2.45) is 13.0 Å². The Morgan fingerprint density at radius 3 is 2.86 bits per heavy atom. The lowest BCUT2D eigenvalue weighted by atomic mass is 9.96. The smallest absolute Gasteiger partial charge is 0.274 e. The van der Waals surface area contributed by atoms with Crippen LogP contribution in [0.3, 0.4) is 0 Å². The van der Waals surface area contributed by atoms with Crippen molar-refractivity contribution in [1.29, 1.82) is 0 Å². The fraction of sp³-hybridized carbons (Fsp3) is 0.500. The summed E-state index contributed by atoms with van der Waals surface area (Å²) >= 11 is 0. The van der Waals surface area contributed by atoms with E-state index < -0.39 is 0 Å². The van der Waals surface area contributed by atoms with Gasteiger partial charge in [0, 0.05) is 39.3 Å². The monoisotopic (exact) mass is 400 g/mol. The summed E-state index contributed by atoms with van der Waals surface area (Å²) in [6.07, 6.45) is 3.00. The van der Waals surface area contributed by atoms with Crippen LogP contribution in [0.4, 0.5) is 4.39 Å². The van der Waals surface area contributed by atoms with Gasteiger partial charge in [-0.2, -0.15) is 5.10 Å². The third-order valence-corrected chi connectivity index (χ3v) is 5.54.